The third-order valence-electron chi connectivity index (χ3n) is 6.28. The summed E-state index contributed by atoms with van der Waals surface area (Å²) in [6.45, 7) is 4.44. The van der Waals surface area contributed by atoms with Crippen LogP contribution in [0, 0.1) is 23.4 Å². The van der Waals surface area contributed by atoms with Crippen LogP contribution in [0.3, 0.4) is 0 Å². The van der Waals surface area contributed by atoms with Crippen LogP contribution in [0.5, 0.6) is 11.5 Å². The summed E-state index contributed by atoms with van der Waals surface area (Å²) in [5.41, 5.74) is 0.807. The Bertz CT molecular complexity index is 1070. The summed E-state index contributed by atoms with van der Waals surface area (Å²) >= 11 is 1.57. The van der Waals surface area contributed by atoms with Crippen LogP contribution in [0.4, 0.5) is 13.2 Å². The van der Waals surface area contributed by atoms with E-state index < -0.39 is 11.6 Å². The maximum Gasteiger partial charge on any atom is 0.204 e. The molecule has 1 aliphatic rings. The Morgan fingerprint density at radius 2 is 1.56 bits per heavy atom. The van der Waals surface area contributed by atoms with Crippen LogP contribution in [0.2, 0.25) is 0 Å². The highest BCUT2D eigenvalue weighted by atomic mass is 32.1. The average molecular weight is 463 g/mol. The van der Waals surface area contributed by atoms with E-state index in [-0.39, 0.29) is 35.8 Å². The molecule has 0 spiro atoms. The lowest BCUT2D eigenvalue weighted by Crippen LogP contribution is -2.20. The van der Waals surface area contributed by atoms with Crippen LogP contribution in [-0.2, 0) is 6.42 Å². The van der Waals surface area contributed by atoms with Gasteiger partial charge < -0.3 is 9.47 Å². The molecule has 0 amide bonds. The zero-order valence-corrected chi connectivity index (χ0v) is 19.4. The number of thiophene rings is 1. The molecule has 0 N–H and O–H groups in total. The van der Waals surface area contributed by atoms with E-state index >= 15 is 4.39 Å². The minimum absolute atomic E-state index is 0.0681. The van der Waals surface area contributed by atoms with Gasteiger partial charge in [-0.1, -0.05) is 25.5 Å². The quantitative estimate of drug-likeness (QED) is 0.337. The van der Waals surface area contributed by atoms with E-state index in [1.165, 1.54) is 17.0 Å². The van der Waals surface area contributed by atoms with Crippen LogP contribution in [0.15, 0.2) is 30.3 Å². The molecule has 1 saturated carbocycles. The van der Waals surface area contributed by atoms with Crippen molar-refractivity contribution in [3.8, 4) is 11.5 Å². The van der Waals surface area contributed by atoms with Gasteiger partial charge in [-0.3, -0.25) is 0 Å². The van der Waals surface area contributed by atoms with E-state index in [1.54, 1.807) is 18.3 Å². The number of ether oxygens (including phenoxy) is 2. The van der Waals surface area contributed by atoms with Gasteiger partial charge in [0.1, 0.15) is 5.82 Å². The third-order valence-corrected chi connectivity index (χ3v) is 7.48. The second kappa shape index (κ2) is 10.2. The number of rotatable bonds is 8. The summed E-state index contributed by atoms with van der Waals surface area (Å²) in [5.74, 6) is -1.87. The number of hydrogen-bond donors (Lipinski definition) is 0. The highest BCUT2D eigenvalue weighted by molar-refractivity contribution is 7.19. The predicted molar refractivity (Wildman–Crippen MR) is 123 cm³/mol. The Kier molecular flexibility index (Phi) is 7.29. The Labute approximate surface area is 191 Å². The monoisotopic (exact) mass is 462 g/mol. The molecule has 4 rings (SSSR count). The molecular formula is C26H29F3O2S. The van der Waals surface area contributed by atoms with Crippen LogP contribution in [0.25, 0.3) is 10.1 Å². The van der Waals surface area contributed by atoms with Crippen molar-refractivity contribution in [3.63, 3.8) is 0 Å². The number of hydrogen-bond acceptors (Lipinski definition) is 3. The number of benzene rings is 2. The molecular weight excluding hydrogens is 433 g/mol. The first kappa shape index (κ1) is 23.0. The number of halogens is 3. The van der Waals surface area contributed by atoms with E-state index in [9.17, 15) is 8.78 Å². The van der Waals surface area contributed by atoms with Gasteiger partial charge in [-0.2, -0.15) is 8.78 Å². The van der Waals surface area contributed by atoms with E-state index in [0.717, 1.165) is 54.2 Å². The van der Waals surface area contributed by atoms with Gasteiger partial charge in [-0.25, -0.2) is 4.39 Å². The predicted octanol–water partition coefficient (Wildman–Crippen LogP) is 8.02. The molecule has 0 bridgehead atoms. The zero-order valence-electron chi connectivity index (χ0n) is 18.6. The first-order valence-electron chi connectivity index (χ1n) is 11.5. The second-order valence-electron chi connectivity index (χ2n) is 8.50. The standard InChI is InChI=1S/C26H29F3O2S/c1-3-5-19-14-18-10-11-20(23(27)26(18)32-19)17-8-6-16(7-9-17)15-31-22-13-12-21(30-4-2)24(28)25(22)29/h10-14,16-17H,3-9,15H2,1-2H3. The molecule has 2 aromatic carbocycles. The highest BCUT2D eigenvalue weighted by Gasteiger charge is 2.26. The molecule has 6 heteroatoms. The topological polar surface area (TPSA) is 18.5 Å². The molecule has 0 aliphatic heterocycles. The van der Waals surface area contributed by atoms with Crippen molar-refractivity contribution < 1.29 is 22.6 Å². The van der Waals surface area contributed by atoms with Crippen molar-refractivity contribution in [2.24, 2.45) is 5.92 Å². The van der Waals surface area contributed by atoms with Crippen molar-refractivity contribution in [1.82, 2.24) is 0 Å². The lowest BCUT2D eigenvalue weighted by molar-refractivity contribution is 0.191. The maximum atomic E-state index is 15.2. The Morgan fingerprint density at radius 3 is 2.22 bits per heavy atom. The molecule has 1 fully saturated rings. The first-order chi connectivity index (χ1) is 15.5. The van der Waals surface area contributed by atoms with E-state index in [2.05, 4.69) is 13.0 Å². The molecule has 3 aromatic rings. The first-order valence-corrected chi connectivity index (χ1v) is 12.3. The van der Waals surface area contributed by atoms with Crippen molar-refractivity contribution in [3.05, 3.63) is 58.2 Å². The Morgan fingerprint density at radius 1 is 0.875 bits per heavy atom. The lowest BCUT2D eigenvalue weighted by Gasteiger charge is -2.29. The second-order valence-corrected chi connectivity index (χ2v) is 9.64. The lowest BCUT2D eigenvalue weighted by atomic mass is 9.79. The van der Waals surface area contributed by atoms with Crippen LogP contribution in [0.1, 0.15) is 62.3 Å². The minimum Gasteiger partial charge on any atom is -0.491 e. The van der Waals surface area contributed by atoms with E-state index in [4.69, 9.17) is 9.47 Å². The van der Waals surface area contributed by atoms with Crippen molar-refractivity contribution >= 4 is 21.4 Å². The molecule has 2 nitrogen and oxygen atoms in total. The van der Waals surface area contributed by atoms with Gasteiger partial charge in [0.05, 0.1) is 17.9 Å². The van der Waals surface area contributed by atoms with Gasteiger partial charge >= 0.3 is 0 Å². The molecule has 0 saturated heterocycles. The fourth-order valence-electron chi connectivity index (χ4n) is 4.56. The fourth-order valence-corrected chi connectivity index (χ4v) is 5.77. The Balaban J connectivity index is 1.36. The minimum atomic E-state index is -1.02. The highest BCUT2D eigenvalue weighted by Crippen LogP contribution is 2.40. The maximum absolute atomic E-state index is 15.2. The van der Waals surface area contributed by atoms with Crippen LogP contribution < -0.4 is 9.47 Å². The summed E-state index contributed by atoms with van der Waals surface area (Å²) in [5, 5.41) is 0.992. The third kappa shape index (κ3) is 4.75. The molecule has 172 valence electrons. The van der Waals surface area contributed by atoms with Crippen LogP contribution >= 0.6 is 11.3 Å². The van der Waals surface area contributed by atoms with Gasteiger partial charge in [0, 0.05) is 4.88 Å². The summed E-state index contributed by atoms with van der Waals surface area (Å²) in [6, 6.07) is 8.89. The SMILES string of the molecule is CCCc1cc2ccc(C3CCC(COc4ccc(OCC)c(F)c4F)CC3)c(F)c2s1. The van der Waals surface area contributed by atoms with Gasteiger partial charge in [0.2, 0.25) is 11.6 Å². The largest absolute Gasteiger partial charge is 0.491 e. The molecule has 1 aliphatic carbocycles. The zero-order chi connectivity index (χ0) is 22.7. The Hall–Kier alpha value is -2.21. The van der Waals surface area contributed by atoms with Crippen LogP contribution in [-0.4, -0.2) is 13.2 Å². The summed E-state index contributed by atoms with van der Waals surface area (Å²) in [4.78, 5) is 1.23. The number of aryl methyl sites for hydroxylation is 1. The van der Waals surface area contributed by atoms with E-state index in [1.807, 2.05) is 12.1 Å². The molecule has 1 aromatic heterocycles. The van der Waals surface area contributed by atoms with E-state index in [0.29, 0.717) is 6.61 Å². The molecule has 0 atom stereocenters. The molecule has 32 heavy (non-hydrogen) atoms. The summed E-state index contributed by atoms with van der Waals surface area (Å²) in [6.07, 6.45) is 5.51. The summed E-state index contributed by atoms with van der Waals surface area (Å²) < 4.78 is 54.9. The normalized spacial score (nSPS) is 18.8. The molecule has 0 unspecified atom stereocenters. The van der Waals surface area contributed by atoms with Crippen molar-refractivity contribution in [2.75, 3.05) is 13.2 Å². The fraction of sp³-hybridized carbons (Fsp3) is 0.462. The van der Waals surface area contributed by atoms with Gasteiger partial charge in [0.15, 0.2) is 11.5 Å². The number of fused-ring (bicyclic) bond motifs is 1. The molecule has 1 heterocycles. The smallest absolute Gasteiger partial charge is 0.204 e. The van der Waals surface area contributed by atoms with Crippen molar-refractivity contribution in [1.29, 1.82) is 0 Å². The van der Waals surface area contributed by atoms with Gasteiger partial charge in [-0.15, -0.1) is 11.3 Å². The van der Waals surface area contributed by atoms with Gasteiger partial charge in [0.25, 0.3) is 0 Å². The molecule has 0 radical (unpaired) electrons. The van der Waals surface area contributed by atoms with Crippen molar-refractivity contribution in [2.45, 2.75) is 58.3 Å². The summed E-state index contributed by atoms with van der Waals surface area (Å²) in [7, 11) is 0. The average Bonchev–Trinajstić information content (AvgIpc) is 3.21. The van der Waals surface area contributed by atoms with Gasteiger partial charge in [-0.05, 0) is 80.0 Å².